The van der Waals surface area contributed by atoms with Gasteiger partial charge in [0.1, 0.15) is 0 Å². The third-order valence-corrected chi connectivity index (χ3v) is 2.09. The number of hydrogen-bond donors (Lipinski definition) is 2. The minimum absolute atomic E-state index is 0.366. The summed E-state index contributed by atoms with van der Waals surface area (Å²) >= 11 is 4.15. The molecule has 0 amide bonds. The molecule has 1 N–H and O–H groups in total. The summed E-state index contributed by atoms with van der Waals surface area (Å²) in [5.41, 5.74) is 2.24. The van der Waals surface area contributed by atoms with Gasteiger partial charge in [-0.05, 0) is 30.2 Å². The monoisotopic (exact) mass is 182 g/mol. The number of rotatable bonds is 3. The molecule has 0 fully saturated rings. The highest BCUT2D eigenvalue weighted by Gasteiger charge is 1.98. The Balaban J connectivity index is 2.71. The predicted molar refractivity (Wildman–Crippen MR) is 54.6 cm³/mol. The molecule has 1 aromatic carbocycles. The Kier molecular flexibility index (Phi) is 3.63. The van der Waals surface area contributed by atoms with Crippen LogP contribution in [0.5, 0.6) is 0 Å². The lowest BCUT2D eigenvalue weighted by Crippen LogP contribution is -1.92. The summed E-state index contributed by atoms with van der Waals surface area (Å²) in [5, 5.41) is 9.23. The number of aliphatic hydroxyl groups excluding tert-OH is 1. The van der Waals surface area contributed by atoms with Crippen LogP contribution in [0.1, 0.15) is 24.2 Å². The minimum Gasteiger partial charge on any atom is -0.389 e. The Labute approximate surface area is 78.8 Å². The highest BCUT2D eigenvalue weighted by atomic mass is 32.1. The molecule has 1 aromatic rings. The molecule has 0 aliphatic heterocycles. The predicted octanol–water partition coefficient (Wildman–Crippen LogP) is 2.21. The van der Waals surface area contributed by atoms with Crippen molar-refractivity contribution in [3.8, 4) is 0 Å². The molecular formula is C10H14OS. The van der Waals surface area contributed by atoms with Gasteiger partial charge in [0.05, 0.1) is 6.10 Å². The summed E-state index contributed by atoms with van der Waals surface area (Å²) in [4.78, 5) is 0. The van der Waals surface area contributed by atoms with Gasteiger partial charge in [-0.1, -0.05) is 24.3 Å². The Morgan fingerprint density at radius 2 is 1.92 bits per heavy atom. The third-order valence-electron chi connectivity index (χ3n) is 1.86. The molecule has 0 heterocycles. The van der Waals surface area contributed by atoms with Crippen LogP contribution in [0.15, 0.2) is 24.3 Å². The number of benzene rings is 1. The van der Waals surface area contributed by atoms with E-state index < -0.39 is 0 Å². The van der Waals surface area contributed by atoms with Gasteiger partial charge in [0.2, 0.25) is 0 Å². The second kappa shape index (κ2) is 4.53. The van der Waals surface area contributed by atoms with Crippen molar-refractivity contribution in [3.05, 3.63) is 35.4 Å². The van der Waals surface area contributed by atoms with E-state index in [2.05, 4.69) is 12.6 Å². The van der Waals surface area contributed by atoms with Crippen LogP contribution in [0.25, 0.3) is 0 Å². The number of hydrogen-bond acceptors (Lipinski definition) is 2. The van der Waals surface area contributed by atoms with Crippen molar-refractivity contribution in [2.75, 3.05) is 5.75 Å². The Hall–Kier alpha value is -0.470. The Morgan fingerprint density at radius 1 is 1.33 bits per heavy atom. The van der Waals surface area contributed by atoms with Crippen LogP contribution >= 0.6 is 12.6 Å². The molecular weight excluding hydrogens is 168 g/mol. The Morgan fingerprint density at radius 3 is 2.33 bits per heavy atom. The van der Waals surface area contributed by atoms with Crippen LogP contribution in [-0.4, -0.2) is 10.9 Å². The lowest BCUT2D eigenvalue weighted by molar-refractivity contribution is 0.199. The highest BCUT2D eigenvalue weighted by Crippen LogP contribution is 2.12. The van der Waals surface area contributed by atoms with Crippen LogP contribution in [0.2, 0.25) is 0 Å². The van der Waals surface area contributed by atoms with E-state index in [1.165, 1.54) is 5.56 Å². The SMILES string of the molecule is CC(O)c1ccc(CCS)cc1. The van der Waals surface area contributed by atoms with Gasteiger partial charge in [-0.25, -0.2) is 0 Å². The second-order valence-electron chi connectivity index (χ2n) is 2.89. The van der Waals surface area contributed by atoms with Gasteiger partial charge in [-0.15, -0.1) is 0 Å². The van der Waals surface area contributed by atoms with Crippen LogP contribution < -0.4 is 0 Å². The van der Waals surface area contributed by atoms with Gasteiger partial charge in [0.25, 0.3) is 0 Å². The maximum absolute atomic E-state index is 9.23. The van der Waals surface area contributed by atoms with Crippen molar-refractivity contribution in [2.45, 2.75) is 19.4 Å². The highest BCUT2D eigenvalue weighted by molar-refractivity contribution is 7.80. The maximum atomic E-state index is 9.23. The molecule has 2 heteroatoms. The zero-order chi connectivity index (χ0) is 8.97. The summed E-state index contributed by atoms with van der Waals surface area (Å²) in [6, 6.07) is 8.00. The quantitative estimate of drug-likeness (QED) is 0.687. The molecule has 12 heavy (non-hydrogen) atoms. The topological polar surface area (TPSA) is 20.2 Å². The lowest BCUT2D eigenvalue weighted by atomic mass is 10.1. The molecule has 0 aromatic heterocycles. The van der Waals surface area contributed by atoms with E-state index in [0.717, 1.165) is 17.7 Å². The smallest absolute Gasteiger partial charge is 0.0761 e. The summed E-state index contributed by atoms with van der Waals surface area (Å²) in [6.07, 6.45) is 0.624. The van der Waals surface area contributed by atoms with E-state index in [1.807, 2.05) is 24.3 Å². The number of thiol groups is 1. The first kappa shape index (κ1) is 9.62. The molecule has 1 unspecified atom stereocenters. The summed E-state index contributed by atoms with van der Waals surface area (Å²) in [7, 11) is 0. The standard InChI is InChI=1S/C10H14OS/c1-8(11)10-4-2-9(3-5-10)6-7-12/h2-5,8,11-12H,6-7H2,1H3. The van der Waals surface area contributed by atoms with Crippen LogP contribution in [-0.2, 0) is 6.42 Å². The van der Waals surface area contributed by atoms with Crippen LogP contribution in [0.3, 0.4) is 0 Å². The van der Waals surface area contributed by atoms with Crippen LogP contribution in [0, 0.1) is 0 Å². The molecule has 0 saturated carbocycles. The summed E-state index contributed by atoms with van der Waals surface area (Å²) in [6.45, 7) is 1.77. The van der Waals surface area contributed by atoms with E-state index in [4.69, 9.17) is 0 Å². The largest absolute Gasteiger partial charge is 0.389 e. The molecule has 0 saturated heterocycles. The van der Waals surface area contributed by atoms with Gasteiger partial charge >= 0.3 is 0 Å². The van der Waals surface area contributed by atoms with E-state index in [0.29, 0.717) is 0 Å². The van der Waals surface area contributed by atoms with Gasteiger partial charge in [-0.3, -0.25) is 0 Å². The van der Waals surface area contributed by atoms with Gasteiger partial charge < -0.3 is 5.11 Å². The molecule has 0 radical (unpaired) electrons. The van der Waals surface area contributed by atoms with Crippen molar-refractivity contribution < 1.29 is 5.11 Å². The zero-order valence-electron chi connectivity index (χ0n) is 7.20. The Bertz CT molecular complexity index is 228. The average molecular weight is 182 g/mol. The molecule has 0 bridgehead atoms. The first-order valence-corrected chi connectivity index (χ1v) is 4.75. The minimum atomic E-state index is -0.366. The first-order chi connectivity index (χ1) is 5.74. The van der Waals surface area contributed by atoms with E-state index in [1.54, 1.807) is 6.92 Å². The molecule has 1 rings (SSSR count). The molecule has 0 aliphatic carbocycles. The molecule has 1 nitrogen and oxygen atoms in total. The fourth-order valence-electron chi connectivity index (χ4n) is 1.09. The number of aliphatic hydroxyl groups is 1. The van der Waals surface area contributed by atoms with Crippen LogP contribution in [0.4, 0.5) is 0 Å². The number of aryl methyl sites for hydroxylation is 1. The second-order valence-corrected chi connectivity index (χ2v) is 3.34. The zero-order valence-corrected chi connectivity index (χ0v) is 8.09. The van der Waals surface area contributed by atoms with Gasteiger partial charge in [0, 0.05) is 0 Å². The van der Waals surface area contributed by atoms with E-state index in [-0.39, 0.29) is 6.10 Å². The van der Waals surface area contributed by atoms with Gasteiger partial charge in [-0.2, -0.15) is 12.6 Å². The summed E-state index contributed by atoms with van der Waals surface area (Å²) in [5.74, 6) is 0.869. The van der Waals surface area contributed by atoms with Gasteiger partial charge in [0.15, 0.2) is 0 Å². The molecule has 0 spiro atoms. The van der Waals surface area contributed by atoms with E-state index >= 15 is 0 Å². The first-order valence-electron chi connectivity index (χ1n) is 4.12. The van der Waals surface area contributed by atoms with Crippen molar-refractivity contribution in [3.63, 3.8) is 0 Å². The molecule has 66 valence electrons. The summed E-state index contributed by atoms with van der Waals surface area (Å²) < 4.78 is 0. The molecule has 1 atom stereocenters. The fraction of sp³-hybridized carbons (Fsp3) is 0.400. The molecule has 0 aliphatic rings. The fourth-order valence-corrected chi connectivity index (χ4v) is 1.35. The van der Waals surface area contributed by atoms with Crippen molar-refractivity contribution in [1.29, 1.82) is 0 Å². The lowest BCUT2D eigenvalue weighted by Gasteiger charge is -2.04. The van der Waals surface area contributed by atoms with Crippen molar-refractivity contribution >= 4 is 12.6 Å². The third kappa shape index (κ3) is 2.54. The normalized spacial score (nSPS) is 12.9. The van der Waals surface area contributed by atoms with Crippen molar-refractivity contribution in [1.82, 2.24) is 0 Å². The van der Waals surface area contributed by atoms with Crippen molar-refractivity contribution in [2.24, 2.45) is 0 Å². The average Bonchev–Trinajstić information content (AvgIpc) is 2.06. The van der Waals surface area contributed by atoms with E-state index in [9.17, 15) is 5.11 Å². The maximum Gasteiger partial charge on any atom is 0.0761 e.